The van der Waals surface area contributed by atoms with Crippen LogP contribution in [0.4, 0.5) is 5.69 Å². The Bertz CT molecular complexity index is 864. The first-order valence-corrected chi connectivity index (χ1v) is 8.29. The molecule has 6 heteroatoms. The van der Waals surface area contributed by atoms with Gasteiger partial charge in [-0.1, -0.05) is 18.2 Å². The molecule has 3 aromatic rings. The Kier molecular flexibility index (Phi) is 3.19. The molecule has 0 fully saturated rings. The summed E-state index contributed by atoms with van der Waals surface area (Å²) in [6, 6.07) is 12.5. The largest absolute Gasteiger partial charge is 0.277 e. The zero-order chi connectivity index (χ0) is 14.2. The van der Waals surface area contributed by atoms with Gasteiger partial charge in [-0.15, -0.1) is 11.3 Å². The van der Waals surface area contributed by atoms with Gasteiger partial charge in [0.15, 0.2) is 0 Å². The maximum absolute atomic E-state index is 12.3. The summed E-state index contributed by atoms with van der Waals surface area (Å²) in [5, 5.41) is 0.898. The average Bonchev–Trinajstić information content (AvgIpc) is 2.86. The predicted octanol–water partition coefficient (Wildman–Crippen LogP) is 3.41. The second-order valence-corrected chi connectivity index (χ2v) is 7.55. The summed E-state index contributed by atoms with van der Waals surface area (Å²) in [6.07, 6.45) is 1.65. The lowest BCUT2D eigenvalue weighted by atomic mass is 10.2. The number of aromatic nitrogens is 1. The van der Waals surface area contributed by atoms with Gasteiger partial charge in [-0.2, -0.15) is 0 Å². The summed E-state index contributed by atoms with van der Waals surface area (Å²) >= 11 is 1.25. The van der Waals surface area contributed by atoms with E-state index in [2.05, 4.69) is 9.71 Å². The predicted molar refractivity (Wildman–Crippen MR) is 81.6 cm³/mol. The van der Waals surface area contributed by atoms with Gasteiger partial charge in [0.05, 0.1) is 11.2 Å². The van der Waals surface area contributed by atoms with Crippen molar-refractivity contribution in [2.75, 3.05) is 4.72 Å². The second kappa shape index (κ2) is 4.88. The lowest BCUT2D eigenvalue weighted by molar-refractivity contribution is 0.603. The number of para-hydroxylation sites is 1. The number of nitrogens with zero attached hydrogens (tertiary/aromatic N) is 1. The molecule has 0 aliphatic heterocycles. The molecule has 0 unspecified atom stereocenters. The molecule has 20 heavy (non-hydrogen) atoms. The van der Waals surface area contributed by atoms with E-state index < -0.39 is 10.0 Å². The van der Waals surface area contributed by atoms with Crippen molar-refractivity contribution >= 4 is 38.0 Å². The number of hydrogen-bond acceptors (Lipinski definition) is 4. The number of thiophene rings is 1. The molecule has 3 rings (SSSR count). The van der Waals surface area contributed by atoms with E-state index in [9.17, 15) is 8.42 Å². The Labute approximate surface area is 121 Å². The van der Waals surface area contributed by atoms with Crippen molar-refractivity contribution in [3.63, 3.8) is 0 Å². The highest BCUT2D eigenvalue weighted by Crippen LogP contribution is 2.26. The monoisotopic (exact) mass is 304 g/mol. The topological polar surface area (TPSA) is 59.1 Å². The van der Waals surface area contributed by atoms with E-state index in [1.54, 1.807) is 24.4 Å². The Balaban J connectivity index is 2.05. The fraction of sp³-hybridized carbons (Fsp3) is 0.0714. The van der Waals surface area contributed by atoms with Crippen LogP contribution in [0.2, 0.25) is 0 Å². The van der Waals surface area contributed by atoms with Crippen LogP contribution in [0.25, 0.3) is 10.9 Å². The molecule has 1 aromatic carbocycles. The van der Waals surface area contributed by atoms with Crippen LogP contribution in [-0.2, 0) is 10.0 Å². The van der Waals surface area contributed by atoms with Crippen molar-refractivity contribution in [2.24, 2.45) is 0 Å². The molecule has 102 valence electrons. The van der Waals surface area contributed by atoms with E-state index in [4.69, 9.17) is 0 Å². The van der Waals surface area contributed by atoms with Crippen molar-refractivity contribution in [3.05, 3.63) is 53.5 Å². The first kappa shape index (κ1) is 13.1. The normalized spacial score (nSPS) is 11.7. The minimum absolute atomic E-state index is 0.308. The number of benzene rings is 1. The average molecular weight is 304 g/mol. The van der Waals surface area contributed by atoms with Gasteiger partial charge in [0.2, 0.25) is 0 Å². The highest BCUT2D eigenvalue weighted by atomic mass is 32.2. The first-order valence-electron chi connectivity index (χ1n) is 5.99. The van der Waals surface area contributed by atoms with Crippen LogP contribution in [-0.4, -0.2) is 13.4 Å². The molecular formula is C14H12N2O2S2. The molecule has 0 aliphatic carbocycles. The van der Waals surface area contributed by atoms with Crippen LogP contribution in [0.1, 0.15) is 4.88 Å². The van der Waals surface area contributed by atoms with Gasteiger partial charge in [0.25, 0.3) is 10.0 Å². The zero-order valence-electron chi connectivity index (χ0n) is 10.7. The molecule has 1 N–H and O–H groups in total. The van der Waals surface area contributed by atoms with E-state index in [0.717, 1.165) is 10.3 Å². The molecule has 4 nitrogen and oxygen atoms in total. The van der Waals surface area contributed by atoms with E-state index in [-0.39, 0.29) is 0 Å². The number of rotatable bonds is 3. The fourth-order valence-corrected chi connectivity index (χ4v) is 4.29. The van der Waals surface area contributed by atoms with Gasteiger partial charge < -0.3 is 0 Å². The van der Waals surface area contributed by atoms with Crippen molar-refractivity contribution in [1.82, 2.24) is 4.98 Å². The van der Waals surface area contributed by atoms with E-state index in [1.807, 2.05) is 31.2 Å². The van der Waals surface area contributed by atoms with Crippen LogP contribution in [0.5, 0.6) is 0 Å². The summed E-state index contributed by atoms with van der Waals surface area (Å²) < 4.78 is 27.6. The highest BCUT2D eigenvalue weighted by molar-refractivity contribution is 7.94. The quantitative estimate of drug-likeness (QED) is 0.806. The maximum atomic E-state index is 12.3. The van der Waals surface area contributed by atoms with Crippen LogP contribution in [0.3, 0.4) is 0 Å². The molecule has 2 aromatic heterocycles. The molecule has 0 amide bonds. The summed E-state index contributed by atoms with van der Waals surface area (Å²) in [6.45, 7) is 1.88. The van der Waals surface area contributed by atoms with Gasteiger partial charge >= 0.3 is 0 Å². The second-order valence-electron chi connectivity index (χ2n) is 4.35. The molecule has 0 spiro atoms. The number of nitrogens with one attached hydrogen (secondary N) is 1. The molecular weight excluding hydrogens is 292 g/mol. The third-order valence-electron chi connectivity index (χ3n) is 2.86. The van der Waals surface area contributed by atoms with Gasteiger partial charge in [-0.3, -0.25) is 9.71 Å². The molecule has 0 saturated heterocycles. The maximum Gasteiger partial charge on any atom is 0.271 e. The lowest BCUT2D eigenvalue weighted by Gasteiger charge is -2.08. The van der Waals surface area contributed by atoms with Gasteiger partial charge in [0, 0.05) is 16.5 Å². The molecule has 0 aliphatic rings. The van der Waals surface area contributed by atoms with Gasteiger partial charge in [0.1, 0.15) is 4.21 Å². The van der Waals surface area contributed by atoms with Crippen molar-refractivity contribution in [3.8, 4) is 0 Å². The van der Waals surface area contributed by atoms with Gasteiger partial charge in [-0.05, 0) is 31.2 Å². The Morgan fingerprint density at radius 2 is 1.90 bits per heavy atom. The van der Waals surface area contributed by atoms with Crippen LogP contribution in [0.15, 0.2) is 52.9 Å². The smallest absolute Gasteiger partial charge is 0.271 e. The first-order chi connectivity index (χ1) is 9.56. The number of aryl methyl sites for hydroxylation is 1. The number of sulfonamides is 1. The third-order valence-corrected chi connectivity index (χ3v) is 5.72. The summed E-state index contributed by atoms with van der Waals surface area (Å²) in [4.78, 5) is 5.20. The Morgan fingerprint density at radius 1 is 1.10 bits per heavy atom. The number of anilines is 1. The zero-order valence-corrected chi connectivity index (χ0v) is 12.3. The van der Waals surface area contributed by atoms with Crippen molar-refractivity contribution in [1.29, 1.82) is 0 Å². The van der Waals surface area contributed by atoms with E-state index >= 15 is 0 Å². The molecule has 2 heterocycles. The number of hydrogen-bond donors (Lipinski definition) is 1. The van der Waals surface area contributed by atoms with Gasteiger partial charge in [-0.25, -0.2) is 8.42 Å². The molecule has 0 atom stereocenters. The molecule has 0 radical (unpaired) electrons. The standard InChI is InChI=1S/C14H12N2O2S2/c1-10-7-8-13(19-10)20(17,18)16-12-6-2-4-11-5-3-9-15-14(11)12/h2-9,16H,1H3. The van der Waals surface area contributed by atoms with E-state index in [1.165, 1.54) is 11.3 Å². The lowest BCUT2D eigenvalue weighted by Crippen LogP contribution is -2.11. The number of pyridine rings is 1. The third kappa shape index (κ3) is 2.39. The van der Waals surface area contributed by atoms with Crippen LogP contribution >= 0.6 is 11.3 Å². The minimum atomic E-state index is -3.56. The number of fused-ring (bicyclic) bond motifs is 1. The highest BCUT2D eigenvalue weighted by Gasteiger charge is 2.17. The molecule has 0 bridgehead atoms. The Morgan fingerprint density at radius 3 is 2.65 bits per heavy atom. The summed E-state index contributed by atoms with van der Waals surface area (Å²) in [7, 11) is -3.56. The Hall–Kier alpha value is -1.92. The van der Waals surface area contributed by atoms with Crippen LogP contribution < -0.4 is 4.72 Å². The van der Waals surface area contributed by atoms with E-state index in [0.29, 0.717) is 15.4 Å². The van der Waals surface area contributed by atoms with Crippen LogP contribution in [0, 0.1) is 6.92 Å². The van der Waals surface area contributed by atoms with Crippen molar-refractivity contribution < 1.29 is 8.42 Å². The van der Waals surface area contributed by atoms with Crippen molar-refractivity contribution in [2.45, 2.75) is 11.1 Å². The SMILES string of the molecule is Cc1ccc(S(=O)(=O)Nc2cccc3cccnc23)s1. The fourth-order valence-electron chi connectivity index (χ4n) is 1.94. The summed E-state index contributed by atoms with van der Waals surface area (Å²) in [5.41, 5.74) is 1.14. The molecule has 0 saturated carbocycles. The minimum Gasteiger partial charge on any atom is -0.277 e. The summed E-state index contributed by atoms with van der Waals surface area (Å²) in [5.74, 6) is 0.